The number of nitrogens with zero attached hydrogens (tertiary/aromatic N) is 2. The summed E-state index contributed by atoms with van der Waals surface area (Å²) >= 11 is 0. The maximum atomic E-state index is 5.38. The maximum absolute atomic E-state index is 5.38. The lowest BCUT2D eigenvalue weighted by atomic mass is 9.82. The van der Waals surface area contributed by atoms with Crippen LogP contribution in [0.1, 0.15) is 25.0 Å². The number of rotatable bonds is 5. The molecule has 0 fully saturated rings. The van der Waals surface area contributed by atoms with Crippen LogP contribution in [0.3, 0.4) is 0 Å². The standard InChI is InChI=1S/C55H38N2/c1-55(2)49-27-15-14-23-42(49)48-33-38(29-31-50(48)55)40-21-10-11-24-43(40)51-34-52(57-54(56-51)36-17-4-3-5-18-36)44-25-12-13-26-45(44)53-41-22-9-7-19-37(41)32-47-39-20-8-6-16-35(39)28-30-46(47)53/h3-34H,1-2H3. The second kappa shape index (κ2) is 13.0. The van der Waals surface area contributed by atoms with Gasteiger partial charge in [0, 0.05) is 22.1 Å². The van der Waals surface area contributed by atoms with E-state index in [2.05, 4.69) is 202 Å². The molecule has 10 aromatic rings. The van der Waals surface area contributed by atoms with Gasteiger partial charge in [0.1, 0.15) is 0 Å². The Bertz CT molecular complexity index is 3210. The van der Waals surface area contributed by atoms with Gasteiger partial charge in [-0.1, -0.05) is 190 Å². The number of aromatic nitrogens is 2. The Morgan fingerprint density at radius 1 is 0.333 bits per heavy atom. The fourth-order valence-corrected chi connectivity index (χ4v) is 9.32. The number of hydrogen-bond acceptors (Lipinski definition) is 2. The molecule has 0 radical (unpaired) electrons. The monoisotopic (exact) mass is 726 g/mol. The Balaban J connectivity index is 1.14. The van der Waals surface area contributed by atoms with Crippen molar-refractivity contribution in [3.05, 3.63) is 205 Å². The first kappa shape index (κ1) is 33.2. The van der Waals surface area contributed by atoms with Crippen molar-refractivity contribution in [1.29, 1.82) is 0 Å². The molecule has 0 unspecified atom stereocenters. The van der Waals surface area contributed by atoms with Crippen LogP contribution in [-0.2, 0) is 5.41 Å². The molecule has 0 bridgehead atoms. The van der Waals surface area contributed by atoms with E-state index in [1.54, 1.807) is 0 Å². The van der Waals surface area contributed by atoms with E-state index in [4.69, 9.17) is 9.97 Å². The smallest absolute Gasteiger partial charge is 0.160 e. The lowest BCUT2D eigenvalue weighted by Gasteiger charge is -2.21. The van der Waals surface area contributed by atoms with Gasteiger partial charge in [0.05, 0.1) is 11.4 Å². The minimum Gasteiger partial charge on any atom is -0.228 e. The van der Waals surface area contributed by atoms with Gasteiger partial charge >= 0.3 is 0 Å². The first-order valence-electron chi connectivity index (χ1n) is 19.7. The summed E-state index contributed by atoms with van der Waals surface area (Å²) < 4.78 is 0. The van der Waals surface area contributed by atoms with Crippen LogP contribution in [0.15, 0.2) is 194 Å². The van der Waals surface area contributed by atoms with Gasteiger partial charge in [-0.3, -0.25) is 0 Å². The van der Waals surface area contributed by atoms with E-state index >= 15 is 0 Å². The van der Waals surface area contributed by atoms with Crippen LogP contribution in [0.25, 0.3) is 99.6 Å². The fraction of sp³-hybridized carbons (Fsp3) is 0.0545. The highest BCUT2D eigenvalue weighted by Gasteiger charge is 2.35. The topological polar surface area (TPSA) is 25.8 Å². The van der Waals surface area contributed by atoms with Crippen molar-refractivity contribution < 1.29 is 0 Å². The van der Waals surface area contributed by atoms with E-state index in [9.17, 15) is 0 Å². The van der Waals surface area contributed by atoms with Gasteiger partial charge in [-0.15, -0.1) is 0 Å². The van der Waals surface area contributed by atoms with Gasteiger partial charge in [-0.25, -0.2) is 9.97 Å². The van der Waals surface area contributed by atoms with Crippen LogP contribution in [0.4, 0.5) is 0 Å². The SMILES string of the molecule is CC1(C)c2ccccc2-c2cc(-c3ccccc3-c3cc(-c4ccccc4-c4c5ccccc5cc5c4ccc4ccccc45)nc(-c4ccccc4)n3)ccc21. The van der Waals surface area contributed by atoms with E-state index in [0.29, 0.717) is 5.82 Å². The molecular formula is C55H38N2. The summed E-state index contributed by atoms with van der Waals surface area (Å²) in [5.41, 5.74) is 14.9. The van der Waals surface area contributed by atoms with Crippen LogP contribution in [0, 0.1) is 0 Å². The molecule has 2 heteroatoms. The Morgan fingerprint density at radius 2 is 0.912 bits per heavy atom. The Kier molecular flexibility index (Phi) is 7.55. The van der Waals surface area contributed by atoms with Gasteiger partial charge in [0.15, 0.2) is 5.82 Å². The molecule has 1 aliphatic rings. The molecule has 268 valence electrons. The second-order valence-electron chi connectivity index (χ2n) is 15.7. The molecule has 11 rings (SSSR count). The van der Waals surface area contributed by atoms with Gasteiger partial charge in [0.25, 0.3) is 0 Å². The molecule has 57 heavy (non-hydrogen) atoms. The second-order valence-corrected chi connectivity index (χ2v) is 15.7. The number of hydrogen-bond donors (Lipinski definition) is 0. The zero-order valence-electron chi connectivity index (χ0n) is 31.9. The highest BCUT2D eigenvalue weighted by Crippen LogP contribution is 2.50. The lowest BCUT2D eigenvalue weighted by molar-refractivity contribution is 0.660. The van der Waals surface area contributed by atoms with Crippen molar-refractivity contribution >= 4 is 32.3 Å². The minimum absolute atomic E-state index is 0.0496. The zero-order valence-corrected chi connectivity index (χ0v) is 31.9. The van der Waals surface area contributed by atoms with E-state index in [1.807, 2.05) is 6.07 Å². The molecule has 1 aliphatic carbocycles. The van der Waals surface area contributed by atoms with Gasteiger partial charge in [-0.05, 0) is 95.0 Å². The molecule has 1 heterocycles. The average molecular weight is 727 g/mol. The van der Waals surface area contributed by atoms with Crippen LogP contribution in [-0.4, -0.2) is 9.97 Å². The third-order valence-electron chi connectivity index (χ3n) is 12.1. The third-order valence-corrected chi connectivity index (χ3v) is 12.1. The predicted molar refractivity (Wildman–Crippen MR) is 239 cm³/mol. The zero-order chi connectivity index (χ0) is 38.1. The average Bonchev–Trinajstić information content (AvgIpc) is 3.51. The summed E-state index contributed by atoms with van der Waals surface area (Å²) in [5, 5.41) is 7.40. The van der Waals surface area contributed by atoms with Crippen molar-refractivity contribution in [2.24, 2.45) is 0 Å². The largest absolute Gasteiger partial charge is 0.228 e. The van der Waals surface area contributed by atoms with Crippen LogP contribution < -0.4 is 0 Å². The van der Waals surface area contributed by atoms with Crippen molar-refractivity contribution in [3.63, 3.8) is 0 Å². The van der Waals surface area contributed by atoms with Gasteiger partial charge in [0.2, 0.25) is 0 Å². The molecular weight excluding hydrogens is 689 g/mol. The molecule has 0 saturated carbocycles. The molecule has 0 N–H and O–H groups in total. The van der Waals surface area contributed by atoms with Crippen LogP contribution >= 0.6 is 0 Å². The number of benzene rings is 9. The highest BCUT2D eigenvalue weighted by atomic mass is 14.9. The fourth-order valence-electron chi connectivity index (χ4n) is 9.32. The first-order chi connectivity index (χ1) is 28.0. The third kappa shape index (κ3) is 5.33. The Labute approximate surface area is 332 Å². The molecule has 9 aromatic carbocycles. The van der Waals surface area contributed by atoms with Gasteiger partial charge < -0.3 is 0 Å². The molecule has 1 aromatic heterocycles. The first-order valence-corrected chi connectivity index (χ1v) is 19.7. The Morgan fingerprint density at radius 3 is 1.68 bits per heavy atom. The van der Waals surface area contributed by atoms with E-state index < -0.39 is 0 Å². The van der Waals surface area contributed by atoms with Crippen molar-refractivity contribution in [2.45, 2.75) is 19.3 Å². The molecule has 2 nitrogen and oxygen atoms in total. The normalized spacial score (nSPS) is 12.9. The molecule has 0 spiro atoms. The Hall–Kier alpha value is -7.16. The van der Waals surface area contributed by atoms with Crippen molar-refractivity contribution in [3.8, 4) is 67.3 Å². The van der Waals surface area contributed by atoms with Crippen LogP contribution in [0.5, 0.6) is 0 Å². The summed E-state index contributed by atoms with van der Waals surface area (Å²) in [6.45, 7) is 4.67. The molecule has 0 aliphatic heterocycles. The molecule has 0 amide bonds. The van der Waals surface area contributed by atoms with E-state index in [0.717, 1.165) is 39.2 Å². The van der Waals surface area contributed by atoms with E-state index in [-0.39, 0.29) is 5.41 Å². The van der Waals surface area contributed by atoms with Crippen molar-refractivity contribution in [1.82, 2.24) is 9.97 Å². The minimum atomic E-state index is -0.0496. The van der Waals surface area contributed by atoms with E-state index in [1.165, 1.54) is 65.7 Å². The summed E-state index contributed by atoms with van der Waals surface area (Å²) in [6, 6.07) is 70.2. The van der Waals surface area contributed by atoms with Crippen LogP contribution in [0.2, 0.25) is 0 Å². The summed E-state index contributed by atoms with van der Waals surface area (Å²) in [4.78, 5) is 10.7. The summed E-state index contributed by atoms with van der Waals surface area (Å²) in [5.74, 6) is 0.700. The summed E-state index contributed by atoms with van der Waals surface area (Å²) in [6.07, 6.45) is 0. The molecule has 0 atom stereocenters. The lowest BCUT2D eigenvalue weighted by Crippen LogP contribution is -2.14. The predicted octanol–water partition coefficient (Wildman–Crippen LogP) is 14.6. The number of fused-ring (bicyclic) bond motifs is 7. The highest BCUT2D eigenvalue weighted by molar-refractivity contribution is 6.21. The molecule has 0 saturated heterocycles. The quantitative estimate of drug-likeness (QED) is 0.130. The van der Waals surface area contributed by atoms with Crippen molar-refractivity contribution in [2.75, 3.05) is 0 Å². The summed E-state index contributed by atoms with van der Waals surface area (Å²) in [7, 11) is 0. The van der Waals surface area contributed by atoms with Gasteiger partial charge in [-0.2, -0.15) is 0 Å². The maximum Gasteiger partial charge on any atom is 0.160 e.